The monoisotopic (exact) mass is 385 g/mol. The minimum absolute atomic E-state index is 0.0328. The first kappa shape index (κ1) is 20.3. The van der Waals surface area contributed by atoms with Crippen LogP contribution in [0.2, 0.25) is 0 Å². The summed E-state index contributed by atoms with van der Waals surface area (Å²) >= 11 is 0. The number of ether oxygens (including phenoxy) is 2. The summed E-state index contributed by atoms with van der Waals surface area (Å²) in [7, 11) is 0. The fraction of sp³-hybridized carbons (Fsp3) is 0.435. The third-order valence-electron chi connectivity index (χ3n) is 5.00. The molecule has 28 heavy (non-hydrogen) atoms. The minimum atomic E-state index is -0.283. The second kappa shape index (κ2) is 9.69. The van der Waals surface area contributed by atoms with Crippen molar-refractivity contribution < 1.29 is 18.7 Å². The molecular weight excluding hydrogens is 357 g/mol. The standard InChI is InChI=1S/C23H28FNO3/c1-17(2)19-7-11-21(12-8-19)28-16-23(26)25(15-22-4-3-13-27-22)14-18-5-9-20(24)10-6-18/h5-12,17,22H,3-4,13-16H2,1-2H3. The second-order valence-electron chi connectivity index (χ2n) is 7.55. The van der Waals surface area contributed by atoms with E-state index >= 15 is 0 Å². The molecule has 2 aromatic rings. The zero-order valence-electron chi connectivity index (χ0n) is 16.6. The molecule has 0 radical (unpaired) electrons. The Bertz CT molecular complexity index is 752. The van der Waals surface area contributed by atoms with Crippen LogP contribution in [0.3, 0.4) is 0 Å². The first-order chi connectivity index (χ1) is 13.5. The number of amides is 1. The van der Waals surface area contributed by atoms with Gasteiger partial charge in [0, 0.05) is 19.7 Å². The van der Waals surface area contributed by atoms with Crippen molar-refractivity contribution in [1.29, 1.82) is 0 Å². The van der Waals surface area contributed by atoms with E-state index in [2.05, 4.69) is 13.8 Å². The highest BCUT2D eigenvalue weighted by Gasteiger charge is 2.23. The number of benzene rings is 2. The van der Waals surface area contributed by atoms with Crippen LogP contribution < -0.4 is 4.74 Å². The van der Waals surface area contributed by atoms with Gasteiger partial charge in [-0.15, -0.1) is 0 Å². The molecule has 2 aromatic carbocycles. The van der Waals surface area contributed by atoms with Crippen LogP contribution in [0.25, 0.3) is 0 Å². The molecule has 0 bridgehead atoms. The van der Waals surface area contributed by atoms with E-state index < -0.39 is 0 Å². The number of hydrogen-bond donors (Lipinski definition) is 0. The first-order valence-corrected chi connectivity index (χ1v) is 9.88. The normalized spacial score (nSPS) is 16.4. The third-order valence-corrected chi connectivity index (χ3v) is 5.00. The van der Waals surface area contributed by atoms with E-state index in [4.69, 9.17) is 9.47 Å². The van der Waals surface area contributed by atoms with Crippen LogP contribution in [-0.4, -0.2) is 36.7 Å². The van der Waals surface area contributed by atoms with Gasteiger partial charge in [-0.25, -0.2) is 4.39 Å². The molecule has 0 N–H and O–H groups in total. The minimum Gasteiger partial charge on any atom is -0.484 e. The maximum absolute atomic E-state index is 13.2. The lowest BCUT2D eigenvalue weighted by Gasteiger charge is -2.25. The molecule has 1 heterocycles. The average Bonchev–Trinajstić information content (AvgIpc) is 3.20. The molecule has 0 spiro atoms. The average molecular weight is 385 g/mol. The van der Waals surface area contributed by atoms with Crippen LogP contribution in [-0.2, 0) is 16.1 Å². The number of hydrogen-bond acceptors (Lipinski definition) is 3. The van der Waals surface area contributed by atoms with Gasteiger partial charge in [0.15, 0.2) is 6.61 Å². The summed E-state index contributed by atoms with van der Waals surface area (Å²) in [6, 6.07) is 14.1. The Morgan fingerprint density at radius 3 is 2.50 bits per heavy atom. The van der Waals surface area contributed by atoms with Crippen LogP contribution in [0.5, 0.6) is 5.75 Å². The third kappa shape index (κ3) is 5.80. The van der Waals surface area contributed by atoms with Crippen molar-refractivity contribution in [3.05, 3.63) is 65.5 Å². The maximum atomic E-state index is 13.2. The van der Waals surface area contributed by atoms with Crippen LogP contribution >= 0.6 is 0 Å². The molecule has 1 atom stereocenters. The quantitative estimate of drug-likeness (QED) is 0.670. The summed E-state index contributed by atoms with van der Waals surface area (Å²) in [6.45, 7) is 5.91. The molecule has 0 aromatic heterocycles. The van der Waals surface area contributed by atoms with Gasteiger partial charge in [-0.3, -0.25) is 4.79 Å². The molecule has 1 unspecified atom stereocenters. The smallest absolute Gasteiger partial charge is 0.260 e. The Labute approximate surface area is 166 Å². The fourth-order valence-electron chi connectivity index (χ4n) is 3.28. The lowest BCUT2D eigenvalue weighted by Crippen LogP contribution is -2.39. The van der Waals surface area contributed by atoms with E-state index in [1.165, 1.54) is 17.7 Å². The number of halogens is 1. The van der Waals surface area contributed by atoms with E-state index in [-0.39, 0.29) is 24.4 Å². The summed E-state index contributed by atoms with van der Waals surface area (Å²) < 4.78 is 24.6. The lowest BCUT2D eigenvalue weighted by atomic mass is 10.0. The van der Waals surface area contributed by atoms with Gasteiger partial charge in [-0.1, -0.05) is 38.1 Å². The highest BCUT2D eigenvalue weighted by atomic mass is 19.1. The molecule has 4 nitrogen and oxygen atoms in total. The number of nitrogens with zero attached hydrogens (tertiary/aromatic N) is 1. The fourth-order valence-corrected chi connectivity index (χ4v) is 3.28. The van der Waals surface area contributed by atoms with E-state index in [0.29, 0.717) is 24.8 Å². The first-order valence-electron chi connectivity index (χ1n) is 9.88. The number of carbonyl (C=O) groups is 1. The van der Waals surface area contributed by atoms with Crippen molar-refractivity contribution >= 4 is 5.91 Å². The second-order valence-corrected chi connectivity index (χ2v) is 7.55. The van der Waals surface area contributed by atoms with Gasteiger partial charge in [-0.05, 0) is 54.2 Å². The molecule has 0 saturated carbocycles. The van der Waals surface area contributed by atoms with E-state index in [1.54, 1.807) is 17.0 Å². The van der Waals surface area contributed by atoms with Crippen LogP contribution in [0.15, 0.2) is 48.5 Å². The summed E-state index contributed by atoms with van der Waals surface area (Å²) in [5, 5.41) is 0. The molecule has 1 fully saturated rings. The largest absolute Gasteiger partial charge is 0.484 e. The Kier molecular flexibility index (Phi) is 7.04. The van der Waals surface area contributed by atoms with Crippen molar-refractivity contribution in [2.75, 3.05) is 19.8 Å². The number of carbonyl (C=O) groups excluding carboxylic acids is 1. The van der Waals surface area contributed by atoms with Gasteiger partial charge >= 0.3 is 0 Å². The van der Waals surface area contributed by atoms with Crippen molar-refractivity contribution in [2.24, 2.45) is 0 Å². The van der Waals surface area contributed by atoms with Gasteiger partial charge in [0.25, 0.3) is 5.91 Å². The van der Waals surface area contributed by atoms with Crippen LogP contribution in [0.4, 0.5) is 4.39 Å². The molecule has 1 aliphatic rings. The SMILES string of the molecule is CC(C)c1ccc(OCC(=O)N(Cc2ccc(F)cc2)CC2CCCO2)cc1. The molecule has 1 saturated heterocycles. The summed E-state index contributed by atoms with van der Waals surface area (Å²) in [4.78, 5) is 14.6. The predicted octanol–water partition coefficient (Wildman–Crippen LogP) is 4.54. The van der Waals surface area contributed by atoms with Crippen LogP contribution in [0.1, 0.15) is 43.7 Å². The van der Waals surface area contributed by atoms with Gasteiger partial charge in [-0.2, -0.15) is 0 Å². The summed E-state index contributed by atoms with van der Waals surface area (Å²) in [6.07, 6.45) is 2.02. The maximum Gasteiger partial charge on any atom is 0.260 e. The topological polar surface area (TPSA) is 38.8 Å². The molecular formula is C23H28FNO3. The van der Waals surface area contributed by atoms with E-state index in [0.717, 1.165) is 25.0 Å². The van der Waals surface area contributed by atoms with Gasteiger partial charge in [0.2, 0.25) is 0 Å². The Morgan fingerprint density at radius 2 is 1.89 bits per heavy atom. The van der Waals surface area contributed by atoms with Gasteiger partial charge in [0.05, 0.1) is 6.10 Å². The van der Waals surface area contributed by atoms with Crippen LogP contribution in [0, 0.1) is 5.82 Å². The van der Waals surface area contributed by atoms with Crippen molar-refractivity contribution in [1.82, 2.24) is 4.90 Å². The molecule has 5 heteroatoms. The zero-order chi connectivity index (χ0) is 19.9. The summed E-state index contributed by atoms with van der Waals surface area (Å²) in [5.74, 6) is 0.742. The Hall–Kier alpha value is -2.40. The number of rotatable bonds is 8. The van der Waals surface area contributed by atoms with Gasteiger partial charge < -0.3 is 14.4 Å². The highest BCUT2D eigenvalue weighted by Crippen LogP contribution is 2.19. The van der Waals surface area contributed by atoms with Gasteiger partial charge in [0.1, 0.15) is 11.6 Å². The van der Waals surface area contributed by atoms with Crippen molar-refractivity contribution in [2.45, 2.75) is 45.3 Å². The molecule has 0 aliphatic carbocycles. The zero-order valence-corrected chi connectivity index (χ0v) is 16.6. The van der Waals surface area contributed by atoms with E-state index in [9.17, 15) is 9.18 Å². The summed E-state index contributed by atoms with van der Waals surface area (Å²) in [5.41, 5.74) is 2.11. The van der Waals surface area contributed by atoms with Crippen molar-refractivity contribution in [3.8, 4) is 5.75 Å². The molecule has 1 amide bonds. The Balaban J connectivity index is 1.62. The highest BCUT2D eigenvalue weighted by molar-refractivity contribution is 5.77. The molecule has 1 aliphatic heterocycles. The molecule has 150 valence electrons. The Morgan fingerprint density at radius 1 is 1.18 bits per heavy atom. The predicted molar refractivity (Wildman–Crippen MR) is 107 cm³/mol. The van der Waals surface area contributed by atoms with Crippen molar-refractivity contribution in [3.63, 3.8) is 0 Å². The lowest BCUT2D eigenvalue weighted by molar-refractivity contribution is -0.135. The molecule has 3 rings (SSSR count). The van der Waals surface area contributed by atoms with E-state index in [1.807, 2.05) is 24.3 Å².